The maximum Gasteiger partial charge on any atom is 0.205 e. The highest BCUT2D eigenvalue weighted by Crippen LogP contribution is 2.42. The molecule has 3 aromatic carbocycles. The highest BCUT2D eigenvalue weighted by atomic mass is 32.1. The molecule has 0 aliphatic carbocycles. The van der Waals surface area contributed by atoms with Gasteiger partial charge >= 0.3 is 0 Å². The summed E-state index contributed by atoms with van der Waals surface area (Å²) in [7, 11) is 1.58. The number of rotatable bonds is 5. The zero-order valence-corrected chi connectivity index (χ0v) is 18.2. The number of carbonyl (C=O) groups is 1. The standard InChI is InChI=1S/C27H20N2O2S/c1-31-20-14-8-13-19(15-20)25(30)26-24(28)23-21(17-9-4-2-5-10-17)16-22(29-27(23)32-26)18-11-6-3-7-12-18/h2-16H,28H2,1H3. The number of hydrogen-bond acceptors (Lipinski definition) is 5. The predicted octanol–water partition coefficient (Wildman–Crippen LogP) is 6.45. The first-order chi connectivity index (χ1) is 15.7. The molecular weight excluding hydrogens is 416 g/mol. The number of thiophene rings is 1. The van der Waals surface area contributed by atoms with Crippen molar-refractivity contribution in [2.75, 3.05) is 12.8 Å². The lowest BCUT2D eigenvalue weighted by atomic mass is 9.99. The van der Waals surface area contributed by atoms with Gasteiger partial charge in [-0.1, -0.05) is 72.8 Å². The second kappa shape index (κ2) is 8.29. The lowest BCUT2D eigenvalue weighted by molar-refractivity contribution is 0.104. The van der Waals surface area contributed by atoms with Gasteiger partial charge in [-0.05, 0) is 29.3 Å². The van der Waals surface area contributed by atoms with Crippen LogP contribution in [0.25, 0.3) is 32.6 Å². The lowest BCUT2D eigenvalue weighted by Crippen LogP contribution is -2.02. The number of ketones is 1. The van der Waals surface area contributed by atoms with E-state index >= 15 is 0 Å². The minimum absolute atomic E-state index is 0.135. The van der Waals surface area contributed by atoms with Crippen molar-refractivity contribution in [3.05, 3.63) is 101 Å². The Morgan fingerprint density at radius 3 is 2.25 bits per heavy atom. The number of nitrogens with two attached hydrogens (primary N) is 1. The van der Waals surface area contributed by atoms with Crippen LogP contribution in [0.2, 0.25) is 0 Å². The van der Waals surface area contributed by atoms with Crippen LogP contribution in [0.5, 0.6) is 5.75 Å². The normalized spacial score (nSPS) is 10.9. The molecule has 0 radical (unpaired) electrons. The molecule has 0 amide bonds. The molecule has 2 aromatic heterocycles. The Balaban J connectivity index is 1.74. The molecule has 156 valence electrons. The van der Waals surface area contributed by atoms with Crippen molar-refractivity contribution in [1.82, 2.24) is 4.98 Å². The molecule has 0 bridgehead atoms. The molecular formula is C27H20N2O2S. The third-order valence-corrected chi connectivity index (χ3v) is 6.49. The van der Waals surface area contributed by atoms with Crippen molar-refractivity contribution < 1.29 is 9.53 Å². The van der Waals surface area contributed by atoms with Gasteiger partial charge in [0.2, 0.25) is 5.78 Å². The van der Waals surface area contributed by atoms with Crippen LogP contribution in [-0.4, -0.2) is 17.9 Å². The maximum atomic E-state index is 13.4. The number of hydrogen-bond donors (Lipinski definition) is 1. The Morgan fingerprint density at radius 1 is 0.875 bits per heavy atom. The van der Waals surface area contributed by atoms with E-state index in [1.165, 1.54) is 11.3 Å². The molecule has 0 aliphatic heterocycles. The van der Waals surface area contributed by atoms with Gasteiger partial charge in [-0.15, -0.1) is 11.3 Å². The van der Waals surface area contributed by atoms with Crippen LogP contribution in [0.1, 0.15) is 15.2 Å². The van der Waals surface area contributed by atoms with Crippen molar-refractivity contribution in [1.29, 1.82) is 0 Å². The highest BCUT2D eigenvalue weighted by Gasteiger charge is 2.22. The van der Waals surface area contributed by atoms with E-state index in [1.807, 2.05) is 66.7 Å². The Kier molecular flexibility index (Phi) is 5.17. The third-order valence-electron chi connectivity index (χ3n) is 5.39. The fourth-order valence-electron chi connectivity index (χ4n) is 3.79. The molecule has 32 heavy (non-hydrogen) atoms. The molecule has 0 spiro atoms. The van der Waals surface area contributed by atoms with E-state index < -0.39 is 0 Å². The smallest absolute Gasteiger partial charge is 0.205 e. The summed E-state index contributed by atoms with van der Waals surface area (Å²) in [5.74, 6) is 0.495. The number of nitrogens with zero attached hydrogens (tertiary/aromatic N) is 1. The molecule has 0 atom stereocenters. The number of methoxy groups -OCH3 is 1. The van der Waals surface area contributed by atoms with Crippen LogP contribution in [0, 0.1) is 0 Å². The summed E-state index contributed by atoms with van der Waals surface area (Å²) in [6.07, 6.45) is 0. The molecule has 5 aromatic rings. The van der Waals surface area contributed by atoms with E-state index in [0.717, 1.165) is 32.6 Å². The van der Waals surface area contributed by atoms with Gasteiger partial charge in [0.1, 0.15) is 15.5 Å². The summed E-state index contributed by atoms with van der Waals surface area (Å²) >= 11 is 1.33. The van der Waals surface area contributed by atoms with Crippen molar-refractivity contribution in [3.63, 3.8) is 0 Å². The van der Waals surface area contributed by atoms with E-state index in [4.69, 9.17) is 15.5 Å². The fourth-order valence-corrected chi connectivity index (χ4v) is 4.87. The lowest BCUT2D eigenvalue weighted by Gasteiger charge is -2.09. The first-order valence-electron chi connectivity index (χ1n) is 10.2. The molecule has 0 fully saturated rings. The zero-order chi connectivity index (χ0) is 22.1. The summed E-state index contributed by atoms with van der Waals surface area (Å²) in [5.41, 5.74) is 11.4. The fraction of sp³-hybridized carbons (Fsp3) is 0.0370. The van der Waals surface area contributed by atoms with Gasteiger partial charge in [-0.3, -0.25) is 4.79 Å². The number of carbonyl (C=O) groups excluding carboxylic acids is 1. The first-order valence-corrected chi connectivity index (χ1v) is 11.0. The van der Waals surface area contributed by atoms with Crippen molar-refractivity contribution in [3.8, 4) is 28.1 Å². The third kappa shape index (κ3) is 3.53. The molecule has 0 saturated heterocycles. The average Bonchev–Trinajstić information content (AvgIpc) is 3.20. The van der Waals surface area contributed by atoms with Gasteiger partial charge in [0, 0.05) is 16.5 Å². The Bertz CT molecular complexity index is 1430. The van der Waals surface area contributed by atoms with E-state index in [9.17, 15) is 4.79 Å². The first kappa shape index (κ1) is 20.0. The van der Waals surface area contributed by atoms with Crippen LogP contribution in [0.4, 0.5) is 5.69 Å². The number of anilines is 1. The molecule has 5 heteroatoms. The minimum atomic E-state index is -0.135. The second-order valence-corrected chi connectivity index (χ2v) is 8.37. The van der Waals surface area contributed by atoms with Crippen molar-refractivity contribution in [2.24, 2.45) is 0 Å². The van der Waals surface area contributed by atoms with Gasteiger partial charge in [-0.2, -0.15) is 0 Å². The highest BCUT2D eigenvalue weighted by molar-refractivity contribution is 7.21. The number of fused-ring (bicyclic) bond motifs is 1. The Labute approximate surface area is 189 Å². The van der Waals surface area contributed by atoms with Crippen LogP contribution in [0.3, 0.4) is 0 Å². The monoisotopic (exact) mass is 436 g/mol. The number of aromatic nitrogens is 1. The molecule has 2 heterocycles. The second-order valence-electron chi connectivity index (χ2n) is 7.37. The van der Waals surface area contributed by atoms with Gasteiger partial charge in [0.15, 0.2) is 0 Å². The molecule has 4 nitrogen and oxygen atoms in total. The van der Waals surface area contributed by atoms with Crippen LogP contribution in [-0.2, 0) is 0 Å². The quantitative estimate of drug-likeness (QED) is 0.322. The zero-order valence-electron chi connectivity index (χ0n) is 17.4. The number of pyridine rings is 1. The molecule has 5 rings (SSSR count). The van der Waals surface area contributed by atoms with Crippen LogP contribution in [0.15, 0.2) is 91.0 Å². The minimum Gasteiger partial charge on any atom is -0.497 e. The number of ether oxygens (including phenoxy) is 1. The largest absolute Gasteiger partial charge is 0.497 e. The number of nitrogen functional groups attached to an aromatic ring is 1. The predicted molar refractivity (Wildman–Crippen MR) is 131 cm³/mol. The summed E-state index contributed by atoms with van der Waals surface area (Å²) < 4.78 is 5.28. The Morgan fingerprint density at radius 2 is 1.56 bits per heavy atom. The van der Waals surface area contributed by atoms with Crippen LogP contribution < -0.4 is 10.5 Å². The van der Waals surface area contributed by atoms with E-state index in [1.54, 1.807) is 25.3 Å². The van der Waals surface area contributed by atoms with E-state index in [0.29, 0.717) is 21.9 Å². The molecule has 0 saturated carbocycles. The van der Waals surface area contributed by atoms with Gasteiger partial charge in [0.25, 0.3) is 0 Å². The molecule has 0 unspecified atom stereocenters. The Hall–Kier alpha value is -3.96. The van der Waals surface area contributed by atoms with Crippen LogP contribution >= 0.6 is 11.3 Å². The van der Waals surface area contributed by atoms with E-state index in [2.05, 4.69) is 6.07 Å². The SMILES string of the molecule is COc1cccc(C(=O)c2sc3nc(-c4ccccc4)cc(-c4ccccc4)c3c2N)c1. The van der Waals surface area contributed by atoms with Gasteiger partial charge in [0.05, 0.1) is 18.5 Å². The summed E-state index contributed by atoms with van der Waals surface area (Å²) in [6.45, 7) is 0. The maximum absolute atomic E-state index is 13.4. The van der Waals surface area contributed by atoms with Gasteiger partial charge < -0.3 is 10.5 Å². The van der Waals surface area contributed by atoms with Crippen molar-refractivity contribution >= 4 is 33.0 Å². The van der Waals surface area contributed by atoms with Crippen molar-refractivity contribution in [2.45, 2.75) is 0 Å². The van der Waals surface area contributed by atoms with E-state index in [-0.39, 0.29) is 5.78 Å². The number of benzene rings is 3. The molecule has 2 N–H and O–H groups in total. The molecule has 0 aliphatic rings. The topological polar surface area (TPSA) is 65.2 Å². The average molecular weight is 437 g/mol. The summed E-state index contributed by atoms with van der Waals surface area (Å²) in [5, 5.41) is 0.812. The van der Waals surface area contributed by atoms with Gasteiger partial charge in [-0.25, -0.2) is 4.98 Å². The summed E-state index contributed by atoms with van der Waals surface area (Å²) in [6, 6.07) is 29.3. The summed E-state index contributed by atoms with van der Waals surface area (Å²) in [4.78, 5) is 19.5.